The molecule has 0 aliphatic carbocycles. The minimum absolute atomic E-state index is 0.109. The second kappa shape index (κ2) is 6.52. The van der Waals surface area contributed by atoms with E-state index in [1.807, 2.05) is 31.2 Å². The summed E-state index contributed by atoms with van der Waals surface area (Å²) in [6.07, 6.45) is 0. The first-order valence-electron chi connectivity index (χ1n) is 8.28. The summed E-state index contributed by atoms with van der Waals surface area (Å²) in [6, 6.07) is 14.2. The van der Waals surface area contributed by atoms with Crippen LogP contribution < -0.4 is 4.74 Å². The highest BCUT2D eigenvalue weighted by Gasteiger charge is 2.16. The number of rotatable bonds is 5. The molecule has 0 N–H and O–H groups in total. The van der Waals surface area contributed by atoms with Crippen molar-refractivity contribution in [2.75, 3.05) is 6.61 Å². The molecular weight excluding hydrogens is 298 g/mol. The molecule has 124 valence electrons. The van der Waals surface area contributed by atoms with Crippen molar-refractivity contribution in [2.24, 2.45) is 0 Å². The van der Waals surface area contributed by atoms with Gasteiger partial charge in [-0.2, -0.15) is 0 Å². The van der Waals surface area contributed by atoms with Crippen molar-refractivity contribution >= 4 is 16.7 Å². The fourth-order valence-electron chi connectivity index (χ4n) is 3.22. The van der Waals surface area contributed by atoms with Crippen molar-refractivity contribution in [3.8, 4) is 5.75 Å². The quantitative estimate of drug-likeness (QED) is 0.629. The lowest BCUT2D eigenvalue weighted by Crippen LogP contribution is -2.10. The van der Waals surface area contributed by atoms with Crippen molar-refractivity contribution < 1.29 is 9.53 Å². The van der Waals surface area contributed by atoms with Crippen LogP contribution in [0.15, 0.2) is 42.5 Å². The number of ketones is 1. The van der Waals surface area contributed by atoms with E-state index in [9.17, 15) is 4.79 Å². The van der Waals surface area contributed by atoms with Crippen molar-refractivity contribution in [3.05, 3.63) is 64.8 Å². The van der Waals surface area contributed by atoms with Crippen LogP contribution in [-0.2, 0) is 6.54 Å². The molecule has 3 nitrogen and oxygen atoms in total. The standard InChI is InChI=1S/C21H23NO2/c1-14-9-10-18(13-15(14)2)24-12-11-22-16(3)21(17(4)23)19-7-5-6-8-20(19)22/h5-10,13H,11-12H2,1-4H3. The van der Waals surface area contributed by atoms with Gasteiger partial charge in [-0.25, -0.2) is 0 Å². The number of para-hydroxylation sites is 1. The molecule has 1 heterocycles. The molecular formula is C21H23NO2. The molecule has 0 bridgehead atoms. The van der Waals surface area contributed by atoms with E-state index in [2.05, 4.69) is 36.6 Å². The van der Waals surface area contributed by atoms with Crippen LogP contribution in [0, 0.1) is 20.8 Å². The summed E-state index contributed by atoms with van der Waals surface area (Å²) in [4.78, 5) is 12.0. The molecule has 0 aliphatic heterocycles. The smallest absolute Gasteiger partial charge is 0.162 e. The Kier molecular flexibility index (Phi) is 4.43. The van der Waals surface area contributed by atoms with Crippen LogP contribution in [0.25, 0.3) is 10.9 Å². The van der Waals surface area contributed by atoms with E-state index in [4.69, 9.17) is 4.74 Å². The van der Waals surface area contributed by atoms with E-state index < -0.39 is 0 Å². The molecule has 2 aromatic carbocycles. The fourth-order valence-corrected chi connectivity index (χ4v) is 3.22. The number of benzene rings is 2. The summed E-state index contributed by atoms with van der Waals surface area (Å²) in [5, 5.41) is 1.02. The molecule has 0 radical (unpaired) electrons. The van der Waals surface area contributed by atoms with Crippen molar-refractivity contribution in [2.45, 2.75) is 34.2 Å². The van der Waals surface area contributed by atoms with Gasteiger partial charge in [0.25, 0.3) is 0 Å². The molecule has 0 aliphatic rings. The third-order valence-electron chi connectivity index (χ3n) is 4.64. The predicted octanol–water partition coefficient (Wildman–Crippen LogP) is 4.85. The number of aromatic nitrogens is 1. The minimum atomic E-state index is 0.109. The first kappa shape index (κ1) is 16.3. The number of ether oxygens (including phenoxy) is 1. The van der Waals surface area contributed by atoms with E-state index in [0.717, 1.165) is 27.9 Å². The summed E-state index contributed by atoms with van der Waals surface area (Å²) in [5.74, 6) is 0.997. The third-order valence-corrected chi connectivity index (χ3v) is 4.64. The maximum Gasteiger partial charge on any atom is 0.162 e. The van der Waals surface area contributed by atoms with Gasteiger partial charge in [0.05, 0.1) is 6.54 Å². The molecule has 24 heavy (non-hydrogen) atoms. The zero-order chi connectivity index (χ0) is 17.3. The highest BCUT2D eigenvalue weighted by atomic mass is 16.5. The Labute approximate surface area is 142 Å². The predicted molar refractivity (Wildman–Crippen MR) is 98.1 cm³/mol. The maximum atomic E-state index is 12.0. The zero-order valence-electron chi connectivity index (χ0n) is 14.7. The largest absolute Gasteiger partial charge is 0.492 e. The number of fused-ring (bicyclic) bond motifs is 1. The van der Waals surface area contributed by atoms with Crippen LogP contribution >= 0.6 is 0 Å². The van der Waals surface area contributed by atoms with Gasteiger partial charge in [0, 0.05) is 22.2 Å². The second-order valence-electron chi connectivity index (χ2n) is 6.28. The van der Waals surface area contributed by atoms with E-state index in [-0.39, 0.29) is 5.78 Å². The normalized spacial score (nSPS) is 11.0. The van der Waals surface area contributed by atoms with E-state index in [1.54, 1.807) is 6.92 Å². The van der Waals surface area contributed by atoms with Crippen molar-refractivity contribution in [1.82, 2.24) is 4.57 Å². The van der Waals surface area contributed by atoms with E-state index in [1.165, 1.54) is 11.1 Å². The van der Waals surface area contributed by atoms with Crippen LogP contribution in [-0.4, -0.2) is 17.0 Å². The van der Waals surface area contributed by atoms with Crippen LogP contribution in [0.4, 0.5) is 0 Å². The van der Waals surface area contributed by atoms with E-state index in [0.29, 0.717) is 13.2 Å². The number of hydrogen-bond donors (Lipinski definition) is 0. The molecule has 0 saturated heterocycles. The second-order valence-corrected chi connectivity index (χ2v) is 6.28. The molecule has 3 aromatic rings. The number of carbonyl (C=O) groups is 1. The first-order valence-corrected chi connectivity index (χ1v) is 8.28. The molecule has 0 fully saturated rings. The van der Waals surface area contributed by atoms with Crippen LogP contribution in [0.3, 0.4) is 0 Å². The van der Waals surface area contributed by atoms with E-state index >= 15 is 0 Å². The highest BCUT2D eigenvalue weighted by Crippen LogP contribution is 2.26. The van der Waals surface area contributed by atoms with Crippen LogP contribution in [0.5, 0.6) is 5.75 Å². The molecule has 0 unspecified atom stereocenters. The molecule has 3 rings (SSSR count). The first-order chi connectivity index (χ1) is 11.5. The topological polar surface area (TPSA) is 31.2 Å². The number of aryl methyl sites for hydroxylation is 2. The fraction of sp³-hybridized carbons (Fsp3) is 0.286. The molecule has 0 atom stereocenters. The van der Waals surface area contributed by atoms with Gasteiger partial charge < -0.3 is 9.30 Å². The number of hydrogen-bond acceptors (Lipinski definition) is 2. The SMILES string of the molecule is CC(=O)c1c(C)n(CCOc2ccc(C)c(C)c2)c2ccccc12. The maximum absolute atomic E-state index is 12.0. The summed E-state index contributed by atoms with van der Waals surface area (Å²) < 4.78 is 8.09. The van der Waals surface area contributed by atoms with Gasteiger partial charge in [-0.15, -0.1) is 0 Å². The third kappa shape index (κ3) is 2.94. The lowest BCUT2D eigenvalue weighted by atomic mass is 10.1. The molecule has 1 aromatic heterocycles. The Morgan fingerprint density at radius 2 is 1.79 bits per heavy atom. The number of nitrogens with zero attached hydrogens (tertiary/aromatic N) is 1. The number of carbonyl (C=O) groups excluding carboxylic acids is 1. The summed E-state index contributed by atoms with van der Waals surface area (Å²) >= 11 is 0. The monoisotopic (exact) mass is 321 g/mol. The van der Waals surface area contributed by atoms with Gasteiger partial charge >= 0.3 is 0 Å². The van der Waals surface area contributed by atoms with Gasteiger partial charge in [-0.1, -0.05) is 24.3 Å². The Balaban J connectivity index is 1.84. The Bertz CT molecular complexity index is 906. The minimum Gasteiger partial charge on any atom is -0.492 e. The summed E-state index contributed by atoms with van der Waals surface area (Å²) in [6.45, 7) is 9.10. The van der Waals surface area contributed by atoms with Crippen LogP contribution in [0.1, 0.15) is 34.1 Å². The number of Topliss-reactive ketones (excluding diaryl/α,β-unsaturated/α-hetero) is 1. The average molecular weight is 321 g/mol. The highest BCUT2D eigenvalue weighted by molar-refractivity contribution is 6.08. The van der Waals surface area contributed by atoms with Gasteiger partial charge in [-0.3, -0.25) is 4.79 Å². The molecule has 0 spiro atoms. The lowest BCUT2D eigenvalue weighted by Gasteiger charge is -2.11. The Hall–Kier alpha value is -2.55. The Morgan fingerprint density at radius 3 is 2.50 bits per heavy atom. The summed E-state index contributed by atoms with van der Waals surface area (Å²) in [5.41, 5.74) is 5.41. The zero-order valence-corrected chi connectivity index (χ0v) is 14.7. The van der Waals surface area contributed by atoms with Gasteiger partial charge in [-0.05, 0) is 57.0 Å². The van der Waals surface area contributed by atoms with Gasteiger partial charge in [0.1, 0.15) is 12.4 Å². The molecule has 0 amide bonds. The Morgan fingerprint density at radius 1 is 1.04 bits per heavy atom. The van der Waals surface area contributed by atoms with Gasteiger partial charge in [0.2, 0.25) is 0 Å². The molecule has 0 saturated carbocycles. The van der Waals surface area contributed by atoms with Crippen molar-refractivity contribution in [1.29, 1.82) is 0 Å². The summed E-state index contributed by atoms with van der Waals surface area (Å²) in [7, 11) is 0. The van der Waals surface area contributed by atoms with Crippen molar-refractivity contribution in [3.63, 3.8) is 0 Å². The average Bonchev–Trinajstić information content (AvgIpc) is 2.83. The molecule has 3 heteroatoms. The lowest BCUT2D eigenvalue weighted by molar-refractivity contribution is 0.101. The van der Waals surface area contributed by atoms with Gasteiger partial charge in [0.15, 0.2) is 5.78 Å². The van der Waals surface area contributed by atoms with Crippen LogP contribution in [0.2, 0.25) is 0 Å².